The average molecular weight is 538 g/mol. The molecule has 3 aromatic rings. The Labute approximate surface area is 233 Å². The number of halogens is 1. The highest BCUT2D eigenvalue weighted by atomic mass is 19.1. The first kappa shape index (κ1) is 25.9. The van der Waals surface area contributed by atoms with Crippen molar-refractivity contribution in [2.45, 2.75) is 38.6 Å². The Kier molecular flexibility index (Phi) is 6.88. The van der Waals surface area contributed by atoms with Crippen LogP contribution in [0.15, 0.2) is 101 Å². The number of ether oxygens (including phenoxy) is 2. The number of nitrogens with two attached hydrogens (primary N) is 1. The van der Waals surface area contributed by atoms with Crippen molar-refractivity contribution in [1.82, 2.24) is 5.32 Å². The van der Waals surface area contributed by atoms with Gasteiger partial charge in [0.15, 0.2) is 11.5 Å². The molecule has 0 aromatic heterocycles. The summed E-state index contributed by atoms with van der Waals surface area (Å²) in [5.74, 6) is 1.13. The molecule has 1 amide bonds. The number of amides is 1. The van der Waals surface area contributed by atoms with Gasteiger partial charge in [0.2, 0.25) is 6.79 Å². The van der Waals surface area contributed by atoms with Crippen LogP contribution < -0.4 is 20.5 Å². The lowest BCUT2D eigenvalue weighted by atomic mass is 9.66. The lowest BCUT2D eigenvalue weighted by molar-refractivity contribution is 0.0923. The minimum atomic E-state index is -0.287. The van der Waals surface area contributed by atoms with Crippen LogP contribution in [-0.2, 0) is 0 Å². The number of nitrogens with zero attached hydrogens (tertiary/aromatic N) is 1. The Morgan fingerprint density at radius 3 is 2.67 bits per heavy atom. The summed E-state index contributed by atoms with van der Waals surface area (Å²) in [6.07, 6.45) is 7.32. The summed E-state index contributed by atoms with van der Waals surface area (Å²) >= 11 is 0. The zero-order chi connectivity index (χ0) is 27.7. The van der Waals surface area contributed by atoms with Gasteiger partial charge in [-0.1, -0.05) is 42.8 Å². The first-order valence-electron chi connectivity index (χ1n) is 13.6. The van der Waals surface area contributed by atoms with Gasteiger partial charge in [-0.25, -0.2) is 9.38 Å². The Bertz CT molecular complexity index is 1510. The standard InChI is InChI=1S/C33H32FN3O3/c1-33-18-23(19-35)29(36-27-12-10-26(34)11-13-27)17-25(33)9-8-24(33)16-28(21-5-3-2-4-6-21)37-32(38)22-7-14-30-31(15-22)40-20-39-30/h2-7,10-15,17,19,24,28H,8-9,16,18,20,35H2,1H3,(H,37,38)/t24-,28?,33-/m1/s1. The van der Waals surface area contributed by atoms with E-state index in [9.17, 15) is 9.18 Å². The molecule has 1 heterocycles. The maximum atomic E-state index is 13.4. The molecule has 1 fully saturated rings. The number of rotatable bonds is 6. The molecule has 3 aromatic carbocycles. The number of aliphatic imine (C=N–C) groups is 1. The van der Waals surface area contributed by atoms with Crippen LogP contribution in [0.5, 0.6) is 11.5 Å². The van der Waals surface area contributed by atoms with E-state index < -0.39 is 0 Å². The van der Waals surface area contributed by atoms with E-state index in [2.05, 4.69) is 30.4 Å². The van der Waals surface area contributed by atoms with Crippen molar-refractivity contribution >= 4 is 17.3 Å². The van der Waals surface area contributed by atoms with Crippen molar-refractivity contribution in [3.63, 3.8) is 0 Å². The highest BCUT2D eigenvalue weighted by molar-refractivity contribution is 6.11. The second kappa shape index (κ2) is 10.6. The SMILES string of the molecule is C[C@]12CC(=CN)C(=Nc3ccc(F)cc3)C=C1CC[C@@H]2CC(NC(=O)c1ccc2c(c1)OCO2)c1ccccc1. The Morgan fingerprint density at radius 2 is 1.90 bits per heavy atom. The molecule has 0 saturated heterocycles. The lowest BCUT2D eigenvalue weighted by Crippen LogP contribution is -2.35. The summed E-state index contributed by atoms with van der Waals surface area (Å²) in [6, 6.07) is 21.4. The van der Waals surface area contributed by atoms with E-state index in [0.29, 0.717) is 28.7 Å². The number of benzene rings is 3. The first-order chi connectivity index (χ1) is 19.4. The molecule has 40 heavy (non-hydrogen) atoms. The molecule has 1 saturated carbocycles. The molecular weight excluding hydrogens is 505 g/mol. The zero-order valence-corrected chi connectivity index (χ0v) is 22.4. The number of fused-ring (bicyclic) bond motifs is 2. The van der Waals surface area contributed by atoms with Crippen LogP contribution in [0.4, 0.5) is 10.1 Å². The van der Waals surface area contributed by atoms with Gasteiger partial charge in [-0.05, 0) is 103 Å². The number of allylic oxidation sites excluding steroid dienone is 3. The van der Waals surface area contributed by atoms with Gasteiger partial charge in [0, 0.05) is 5.56 Å². The predicted octanol–water partition coefficient (Wildman–Crippen LogP) is 6.78. The maximum Gasteiger partial charge on any atom is 0.251 e. The van der Waals surface area contributed by atoms with E-state index in [1.807, 2.05) is 18.2 Å². The molecule has 0 spiro atoms. The molecule has 0 bridgehead atoms. The molecule has 6 nitrogen and oxygen atoms in total. The topological polar surface area (TPSA) is 85.9 Å². The van der Waals surface area contributed by atoms with E-state index in [1.165, 1.54) is 17.7 Å². The molecule has 1 unspecified atom stereocenters. The van der Waals surface area contributed by atoms with E-state index in [1.54, 1.807) is 36.5 Å². The summed E-state index contributed by atoms with van der Waals surface area (Å²) in [5, 5.41) is 3.30. The first-order valence-corrected chi connectivity index (χ1v) is 13.6. The van der Waals surface area contributed by atoms with Gasteiger partial charge < -0.3 is 20.5 Å². The third-order valence-corrected chi connectivity index (χ3v) is 8.53. The summed E-state index contributed by atoms with van der Waals surface area (Å²) in [4.78, 5) is 18.2. The average Bonchev–Trinajstić information content (AvgIpc) is 3.57. The molecular formula is C33H32FN3O3. The second-order valence-corrected chi connectivity index (χ2v) is 10.9. The number of carbonyl (C=O) groups is 1. The third-order valence-electron chi connectivity index (χ3n) is 8.53. The predicted molar refractivity (Wildman–Crippen MR) is 153 cm³/mol. The lowest BCUT2D eigenvalue weighted by Gasteiger charge is -2.39. The monoisotopic (exact) mass is 537 g/mol. The molecule has 204 valence electrons. The summed E-state index contributed by atoms with van der Waals surface area (Å²) in [7, 11) is 0. The molecule has 6 rings (SSSR count). The van der Waals surface area contributed by atoms with E-state index >= 15 is 0 Å². The molecule has 7 heteroatoms. The highest BCUT2D eigenvalue weighted by Gasteiger charge is 2.46. The van der Waals surface area contributed by atoms with E-state index in [-0.39, 0.29) is 30.0 Å². The molecule has 3 aliphatic rings. The summed E-state index contributed by atoms with van der Waals surface area (Å²) < 4.78 is 24.3. The zero-order valence-electron chi connectivity index (χ0n) is 22.4. The fourth-order valence-corrected chi connectivity index (χ4v) is 6.24. The van der Waals surface area contributed by atoms with Crippen molar-refractivity contribution in [3.8, 4) is 11.5 Å². The quantitative estimate of drug-likeness (QED) is 0.363. The maximum absolute atomic E-state index is 13.4. The number of hydrogen-bond donors (Lipinski definition) is 2. The van der Waals surface area contributed by atoms with Crippen LogP contribution in [0.2, 0.25) is 0 Å². The largest absolute Gasteiger partial charge is 0.454 e. The van der Waals surface area contributed by atoms with E-state index in [0.717, 1.165) is 42.5 Å². The smallest absolute Gasteiger partial charge is 0.251 e. The number of carbonyl (C=O) groups excluding carboxylic acids is 1. The molecule has 0 radical (unpaired) electrons. The van der Waals surface area contributed by atoms with Crippen molar-refractivity contribution in [1.29, 1.82) is 0 Å². The van der Waals surface area contributed by atoms with Crippen molar-refractivity contribution in [3.05, 3.63) is 113 Å². The van der Waals surface area contributed by atoms with Gasteiger partial charge in [-0.3, -0.25) is 4.79 Å². The fourth-order valence-electron chi connectivity index (χ4n) is 6.24. The van der Waals surface area contributed by atoms with Crippen LogP contribution in [-0.4, -0.2) is 18.4 Å². The molecule has 2 aliphatic carbocycles. The van der Waals surface area contributed by atoms with Crippen molar-refractivity contribution in [2.24, 2.45) is 22.1 Å². The molecule has 3 N–H and O–H groups in total. The number of nitrogens with one attached hydrogen (secondary N) is 1. The van der Waals surface area contributed by atoms with Crippen LogP contribution in [0, 0.1) is 17.2 Å². The van der Waals surface area contributed by atoms with Crippen LogP contribution in [0.25, 0.3) is 0 Å². The van der Waals surface area contributed by atoms with Gasteiger partial charge in [0.25, 0.3) is 5.91 Å². The van der Waals surface area contributed by atoms with Gasteiger partial charge >= 0.3 is 0 Å². The van der Waals surface area contributed by atoms with E-state index in [4.69, 9.17) is 20.2 Å². The van der Waals surface area contributed by atoms with Gasteiger partial charge in [-0.2, -0.15) is 0 Å². The summed E-state index contributed by atoms with van der Waals surface area (Å²) in [5.41, 5.74) is 11.5. The van der Waals surface area contributed by atoms with Crippen molar-refractivity contribution < 1.29 is 18.7 Å². The Morgan fingerprint density at radius 1 is 1.12 bits per heavy atom. The van der Waals surface area contributed by atoms with Crippen LogP contribution in [0.1, 0.15) is 54.6 Å². The summed E-state index contributed by atoms with van der Waals surface area (Å²) in [6.45, 7) is 2.47. The Hall–Kier alpha value is -4.39. The fraction of sp³-hybridized carbons (Fsp3) is 0.273. The molecule has 1 aliphatic heterocycles. The highest BCUT2D eigenvalue weighted by Crippen LogP contribution is 2.56. The number of hydrogen-bond acceptors (Lipinski definition) is 5. The normalized spacial score (nSPS) is 24.1. The molecule has 3 atom stereocenters. The van der Waals surface area contributed by atoms with Crippen molar-refractivity contribution in [2.75, 3.05) is 6.79 Å². The van der Waals surface area contributed by atoms with Gasteiger partial charge in [0.05, 0.1) is 17.4 Å². The minimum Gasteiger partial charge on any atom is -0.454 e. The minimum absolute atomic E-state index is 0.108. The third kappa shape index (κ3) is 4.99. The van der Waals surface area contributed by atoms with Gasteiger partial charge in [-0.15, -0.1) is 0 Å². The van der Waals surface area contributed by atoms with Gasteiger partial charge in [0.1, 0.15) is 5.82 Å². The second-order valence-electron chi connectivity index (χ2n) is 10.9. The van der Waals surface area contributed by atoms with Crippen LogP contribution >= 0.6 is 0 Å². The van der Waals surface area contributed by atoms with Crippen LogP contribution in [0.3, 0.4) is 0 Å². The Balaban J connectivity index is 1.26.